The molecule has 4 nitrogen and oxygen atoms in total. The maximum atomic E-state index is 13.6. The summed E-state index contributed by atoms with van der Waals surface area (Å²) >= 11 is 0. The van der Waals surface area contributed by atoms with Gasteiger partial charge in [-0.05, 0) is 128 Å². The van der Waals surface area contributed by atoms with E-state index in [1.165, 1.54) is 135 Å². The lowest BCUT2D eigenvalue weighted by atomic mass is 9.31. The molecule has 5 aliphatic carbocycles. The van der Waals surface area contributed by atoms with Crippen molar-refractivity contribution in [2.45, 2.75) is 209 Å². The monoisotopic (exact) mass is 725 g/mol. The molecule has 0 aromatic rings. The van der Waals surface area contributed by atoms with E-state index in [4.69, 9.17) is 9.47 Å². The molecule has 4 heteroatoms. The van der Waals surface area contributed by atoms with Crippen molar-refractivity contribution in [3.8, 4) is 0 Å². The van der Waals surface area contributed by atoms with Gasteiger partial charge in [-0.2, -0.15) is 0 Å². The van der Waals surface area contributed by atoms with Crippen LogP contribution in [0, 0.1) is 56.2 Å². The molecule has 5 saturated carbocycles. The summed E-state index contributed by atoms with van der Waals surface area (Å²) in [6, 6.07) is 0. The van der Waals surface area contributed by atoms with Gasteiger partial charge >= 0.3 is 5.97 Å². The molecule has 0 aromatic heterocycles. The lowest BCUT2D eigenvalue weighted by molar-refractivity contribution is -0.883. The molecule has 2 bridgehead atoms. The standard InChI is InChI=1S/C48H86NO3/c1-11-12-13-14-15-16-17-18-19-20-21-22-33-49(9,10)34-40(50)52-39-26-27-45(6)37(44(39,4)5)25-28-47(8)38(45)24-23-36-41-42-43(2,3)29-31-48(41,35-51-42)32-30-46(36,47)7/h36-39,41-42H,11-35H2,1-10H3/q+1/t36-,37+,38-,39+,41+,42-,45+,46-,47-,48-/m1/s1. The molecule has 1 aliphatic heterocycles. The van der Waals surface area contributed by atoms with E-state index in [9.17, 15) is 4.79 Å². The third kappa shape index (κ3) is 7.36. The van der Waals surface area contributed by atoms with Gasteiger partial charge in [-0.1, -0.05) is 120 Å². The molecule has 0 aromatic carbocycles. The van der Waals surface area contributed by atoms with Crippen LogP contribution in [-0.2, 0) is 14.3 Å². The van der Waals surface area contributed by atoms with Crippen LogP contribution in [-0.4, -0.2) is 56.5 Å². The Balaban J connectivity index is 1.00. The minimum absolute atomic E-state index is 0.00532. The largest absolute Gasteiger partial charge is 0.458 e. The predicted molar refractivity (Wildman–Crippen MR) is 217 cm³/mol. The molecular formula is C48H86NO3+. The van der Waals surface area contributed by atoms with Crippen molar-refractivity contribution in [1.82, 2.24) is 0 Å². The van der Waals surface area contributed by atoms with E-state index >= 15 is 0 Å². The number of hydrogen-bond donors (Lipinski definition) is 0. The summed E-state index contributed by atoms with van der Waals surface area (Å²) in [6.45, 7) is 23.1. The molecule has 10 atom stereocenters. The zero-order chi connectivity index (χ0) is 37.6. The highest BCUT2D eigenvalue weighted by atomic mass is 16.5. The molecule has 6 rings (SSSR count). The lowest BCUT2D eigenvalue weighted by Gasteiger charge is -2.73. The third-order valence-electron chi connectivity index (χ3n) is 18.5. The van der Waals surface area contributed by atoms with Crippen LogP contribution in [0.1, 0.15) is 197 Å². The summed E-state index contributed by atoms with van der Waals surface area (Å²) < 4.78 is 14.1. The second-order valence-corrected chi connectivity index (χ2v) is 22.8. The Labute approximate surface area is 322 Å². The molecule has 6 aliphatic rings. The molecule has 0 unspecified atom stereocenters. The van der Waals surface area contributed by atoms with E-state index in [1.807, 2.05) is 0 Å². The summed E-state index contributed by atoms with van der Waals surface area (Å²) in [7, 11) is 4.47. The fourth-order valence-electron chi connectivity index (χ4n) is 15.2. The molecule has 0 radical (unpaired) electrons. The molecule has 6 fully saturated rings. The number of nitrogens with zero attached hydrogens (tertiary/aromatic N) is 1. The summed E-state index contributed by atoms with van der Waals surface area (Å²) in [5.74, 6) is 2.95. The number of fused-ring (bicyclic) bond motifs is 5. The van der Waals surface area contributed by atoms with Crippen LogP contribution in [0.5, 0.6) is 0 Å². The quantitative estimate of drug-likeness (QED) is 0.0903. The zero-order valence-electron chi connectivity index (χ0n) is 36.3. The van der Waals surface area contributed by atoms with Gasteiger partial charge in [0.25, 0.3) is 0 Å². The summed E-state index contributed by atoms with van der Waals surface area (Å²) in [4.78, 5) is 13.6. The van der Waals surface area contributed by atoms with Gasteiger partial charge in [0.05, 0.1) is 33.4 Å². The molecule has 52 heavy (non-hydrogen) atoms. The van der Waals surface area contributed by atoms with Gasteiger partial charge in [-0.25, -0.2) is 4.79 Å². The molecule has 0 N–H and O–H groups in total. The summed E-state index contributed by atoms with van der Waals surface area (Å²) in [5, 5.41) is 0. The minimum Gasteiger partial charge on any atom is -0.458 e. The average Bonchev–Trinajstić information content (AvgIpc) is 3.41. The van der Waals surface area contributed by atoms with Crippen molar-refractivity contribution in [3.63, 3.8) is 0 Å². The molecule has 0 amide bonds. The first-order chi connectivity index (χ1) is 24.5. The second-order valence-electron chi connectivity index (χ2n) is 22.8. The Morgan fingerprint density at radius 3 is 1.94 bits per heavy atom. The fourth-order valence-corrected chi connectivity index (χ4v) is 15.2. The van der Waals surface area contributed by atoms with E-state index in [1.54, 1.807) is 0 Å². The van der Waals surface area contributed by atoms with Crippen molar-refractivity contribution in [3.05, 3.63) is 0 Å². The highest BCUT2D eigenvalue weighted by molar-refractivity contribution is 5.70. The zero-order valence-corrected chi connectivity index (χ0v) is 36.3. The van der Waals surface area contributed by atoms with Crippen LogP contribution in [0.4, 0.5) is 0 Å². The van der Waals surface area contributed by atoms with Crippen LogP contribution in [0.25, 0.3) is 0 Å². The van der Waals surface area contributed by atoms with Gasteiger partial charge in [-0.15, -0.1) is 0 Å². The van der Waals surface area contributed by atoms with Crippen LogP contribution in [0.3, 0.4) is 0 Å². The first-order valence-electron chi connectivity index (χ1n) is 23.1. The number of quaternary nitrogens is 1. The summed E-state index contributed by atoms with van der Waals surface area (Å²) in [6.07, 6.45) is 30.1. The van der Waals surface area contributed by atoms with E-state index in [2.05, 4.69) is 69.5 Å². The van der Waals surface area contributed by atoms with Crippen molar-refractivity contribution >= 4 is 5.97 Å². The third-order valence-corrected chi connectivity index (χ3v) is 18.5. The van der Waals surface area contributed by atoms with E-state index < -0.39 is 0 Å². The Bertz CT molecular complexity index is 1220. The van der Waals surface area contributed by atoms with Gasteiger partial charge < -0.3 is 14.0 Å². The number of esters is 1. The van der Waals surface area contributed by atoms with Gasteiger partial charge in [0.1, 0.15) is 6.10 Å². The number of unbranched alkanes of at least 4 members (excludes halogenated alkanes) is 11. The molecule has 1 heterocycles. The van der Waals surface area contributed by atoms with Crippen molar-refractivity contribution in [2.75, 3.05) is 33.8 Å². The van der Waals surface area contributed by atoms with Crippen molar-refractivity contribution in [2.24, 2.45) is 56.2 Å². The number of rotatable bonds is 16. The van der Waals surface area contributed by atoms with Gasteiger partial charge in [0.15, 0.2) is 6.54 Å². The first-order valence-corrected chi connectivity index (χ1v) is 23.1. The normalized spacial score (nSPS) is 41.7. The topological polar surface area (TPSA) is 35.5 Å². The lowest BCUT2D eigenvalue weighted by Crippen LogP contribution is -2.68. The van der Waals surface area contributed by atoms with Crippen LogP contribution in [0.2, 0.25) is 0 Å². The maximum absolute atomic E-state index is 13.6. The van der Waals surface area contributed by atoms with Crippen molar-refractivity contribution in [1.29, 1.82) is 0 Å². The second kappa shape index (κ2) is 15.4. The number of hydrogen-bond acceptors (Lipinski definition) is 3. The predicted octanol–water partition coefficient (Wildman–Crippen LogP) is 12.6. The number of ether oxygens (including phenoxy) is 2. The minimum atomic E-state index is 0.00532. The van der Waals surface area contributed by atoms with Crippen molar-refractivity contribution < 1.29 is 18.8 Å². The van der Waals surface area contributed by atoms with Crippen LogP contribution >= 0.6 is 0 Å². The Hall–Kier alpha value is -0.610. The Morgan fingerprint density at radius 2 is 1.29 bits per heavy atom. The number of carbonyl (C=O) groups excluding carboxylic acids is 1. The first kappa shape index (κ1) is 41.0. The molecular weight excluding hydrogens is 639 g/mol. The molecule has 0 spiro atoms. The van der Waals surface area contributed by atoms with Crippen LogP contribution in [0.15, 0.2) is 0 Å². The number of carbonyl (C=O) groups is 1. The van der Waals surface area contributed by atoms with Gasteiger partial charge in [-0.3, -0.25) is 0 Å². The highest BCUT2D eigenvalue weighted by Crippen LogP contribution is 2.78. The maximum Gasteiger partial charge on any atom is 0.362 e. The van der Waals surface area contributed by atoms with E-state index in [0.29, 0.717) is 45.6 Å². The Kier molecular flexibility index (Phi) is 12.1. The molecule has 300 valence electrons. The smallest absolute Gasteiger partial charge is 0.362 e. The van der Waals surface area contributed by atoms with Gasteiger partial charge in [0, 0.05) is 5.41 Å². The summed E-state index contributed by atoms with van der Waals surface area (Å²) in [5.41, 5.74) is 1.85. The Morgan fingerprint density at radius 1 is 0.673 bits per heavy atom. The van der Waals surface area contributed by atoms with E-state index in [-0.39, 0.29) is 17.5 Å². The molecule has 1 saturated heterocycles. The average molecular weight is 725 g/mol. The number of likely N-dealkylation sites (N-methyl/N-ethyl adjacent to an activating group) is 1. The van der Waals surface area contributed by atoms with Crippen LogP contribution < -0.4 is 0 Å². The highest BCUT2D eigenvalue weighted by Gasteiger charge is 2.73. The van der Waals surface area contributed by atoms with Gasteiger partial charge in [0.2, 0.25) is 0 Å². The van der Waals surface area contributed by atoms with E-state index in [0.717, 1.165) is 41.8 Å². The fraction of sp³-hybridized carbons (Fsp3) is 0.979. The SMILES string of the molecule is CCCCCCCCCCCCCC[N+](C)(C)CC(=O)O[C@H]1CC[C@]2(C)[C@H]3CC[C@@H]4[C@H]5[C@H]6OC[C@@]5(CCC6(C)C)CC[C@@]4(C)[C@]3(C)CC[C@H]2C1(C)C.